The molecule has 1 aliphatic rings. The maximum absolute atomic E-state index is 5.60. The number of ether oxygens (including phenoxy) is 2. The molecule has 1 aliphatic heterocycles. The monoisotopic (exact) mass is 360 g/mol. The molecule has 2 aromatic rings. The molecule has 0 radical (unpaired) electrons. The first-order chi connectivity index (χ1) is 12.6. The number of hydrogen-bond acceptors (Lipinski definition) is 8. The number of rotatable bonds is 7. The predicted octanol–water partition coefficient (Wildman–Crippen LogP) is 1.52. The minimum atomic E-state index is 0.389. The summed E-state index contributed by atoms with van der Waals surface area (Å²) < 4.78 is 10.9. The molecule has 26 heavy (non-hydrogen) atoms. The van der Waals surface area contributed by atoms with Crippen molar-refractivity contribution in [1.29, 1.82) is 0 Å². The Hall–Kier alpha value is -2.32. The Kier molecular flexibility index (Phi) is 5.95. The predicted molar refractivity (Wildman–Crippen MR) is 104 cm³/mol. The molecule has 1 saturated heterocycles. The number of nitrogens with one attached hydrogen (secondary N) is 2. The van der Waals surface area contributed by atoms with Gasteiger partial charge in [0.2, 0.25) is 5.95 Å². The van der Waals surface area contributed by atoms with Crippen molar-refractivity contribution in [2.45, 2.75) is 18.9 Å². The molecule has 0 unspecified atom stereocenters. The van der Waals surface area contributed by atoms with Crippen molar-refractivity contribution < 1.29 is 9.47 Å². The molecular formula is C18H28N6O2. The Labute approximate surface area is 154 Å². The van der Waals surface area contributed by atoms with E-state index in [0.29, 0.717) is 36.6 Å². The second-order valence-electron chi connectivity index (χ2n) is 6.56. The van der Waals surface area contributed by atoms with E-state index in [1.165, 1.54) is 0 Å². The van der Waals surface area contributed by atoms with Gasteiger partial charge in [0.15, 0.2) is 11.5 Å². The zero-order valence-corrected chi connectivity index (χ0v) is 15.7. The molecule has 8 nitrogen and oxygen atoms in total. The molecule has 142 valence electrons. The van der Waals surface area contributed by atoms with E-state index >= 15 is 0 Å². The Balaban J connectivity index is 1.99. The van der Waals surface area contributed by atoms with Crippen molar-refractivity contribution in [3.05, 3.63) is 12.1 Å². The molecule has 0 amide bonds. The standard InChI is InChI=1S/C18H28N6O2/c1-24-8-4-12(5-9-24)21-17-13-10-15(25-2)16(26-3)11-14(13)22-18(23-17)20-7-6-19/h10-12H,4-9,19H2,1-3H3,(H2,20,21,22,23). The van der Waals surface area contributed by atoms with Gasteiger partial charge in [-0.15, -0.1) is 0 Å². The molecule has 3 rings (SSSR count). The van der Waals surface area contributed by atoms with Gasteiger partial charge in [-0.1, -0.05) is 0 Å². The smallest absolute Gasteiger partial charge is 0.225 e. The Morgan fingerprint density at radius 2 is 1.85 bits per heavy atom. The molecule has 0 aliphatic carbocycles. The second-order valence-corrected chi connectivity index (χ2v) is 6.56. The van der Waals surface area contributed by atoms with Crippen LogP contribution in [0.3, 0.4) is 0 Å². The second kappa shape index (κ2) is 8.37. The number of methoxy groups -OCH3 is 2. The van der Waals surface area contributed by atoms with Crippen molar-refractivity contribution in [3.63, 3.8) is 0 Å². The summed E-state index contributed by atoms with van der Waals surface area (Å²) in [6.45, 7) is 3.30. The van der Waals surface area contributed by atoms with Gasteiger partial charge >= 0.3 is 0 Å². The lowest BCUT2D eigenvalue weighted by Gasteiger charge is -2.30. The average molecular weight is 360 g/mol. The highest BCUT2D eigenvalue weighted by Crippen LogP contribution is 2.35. The van der Waals surface area contributed by atoms with E-state index in [1.54, 1.807) is 14.2 Å². The molecule has 4 N–H and O–H groups in total. The highest BCUT2D eigenvalue weighted by atomic mass is 16.5. The van der Waals surface area contributed by atoms with Crippen LogP contribution in [-0.2, 0) is 0 Å². The number of anilines is 2. The number of nitrogens with zero attached hydrogens (tertiary/aromatic N) is 3. The van der Waals surface area contributed by atoms with Gasteiger partial charge in [-0.05, 0) is 39.0 Å². The summed E-state index contributed by atoms with van der Waals surface area (Å²) in [7, 11) is 5.41. The van der Waals surface area contributed by atoms with Gasteiger partial charge < -0.3 is 30.7 Å². The fraction of sp³-hybridized carbons (Fsp3) is 0.556. The molecular weight excluding hydrogens is 332 g/mol. The van der Waals surface area contributed by atoms with Crippen LogP contribution in [0.15, 0.2) is 12.1 Å². The summed E-state index contributed by atoms with van der Waals surface area (Å²) in [6.07, 6.45) is 2.17. The van der Waals surface area contributed by atoms with Crippen LogP contribution >= 0.6 is 0 Å². The van der Waals surface area contributed by atoms with Gasteiger partial charge in [-0.3, -0.25) is 0 Å². The van der Waals surface area contributed by atoms with E-state index in [2.05, 4.69) is 32.5 Å². The van der Waals surface area contributed by atoms with Crippen LogP contribution < -0.4 is 25.8 Å². The van der Waals surface area contributed by atoms with E-state index in [4.69, 9.17) is 15.2 Å². The van der Waals surface area contributed by atoms with Crippen LogP contribution in [0, 0.1) is 0 Å². The summed E-state index contributed by atoms with van der Waals surface area (Å²) in [5.41, 5.74) is 6.40. The highest BCUT2D eigenvalue weighted by Gasteiger charge is 2.19. The molecule has 1 fully saturated rings. The van der Waals surface area contributed by atoms with Crippen molar-refractivity contribution in [3.8, 4) is 11.5 Å². The Morgan fingerprint density at radius 1 is 1.15 bits per heavy atom. The SMILES string of the molecule is COc1cc2nc(NCCN)nc(NC3CCN(C)CC3)c2cc1OC. The van der Waals surface area contributed by atoms with Gasteiger partial charge in [0.25, 0.3) is 0 Å². The van der Waals surface area contributed by atoms with Crippen LogP contribution in [0.5, 0.6) is 11.5 Å². The topological polar surface area (TPSA) is 97.6 Å². The third-order valence-corrected chi connectivity index (χ3v) is 4.69. The normalized spacial score (nSPS) is 15.8. The van der Waals surface area contributed by atoms with Crippen LogP contribution in [0.2, 0.25) is 0 Å². The van der Waals surface area contributed by atoms with Crippen LogP contribution in [0.4, 0.5) is 11.8 Å². The molecule has 0 atom stereocenters. The summed E-state index contributed by atoms with van der Waals surface area (Å²) in [5.74, 6) is 2.68. The zero-order chi connectivity index (χ0) is 18.5. The first-order valence-corrected chi connectivity index (χ1v) is 8.97. The van der Waals surface area contributed by atoms with Crippen LogP contribution in [0.1, 0.15) is 12.8 Å². The Bertz CT molecular complexity index is 746. The van der Waals surface area contributed by atoms with E-state index < -0.39 is 0 Å². The minimum absolute atomic E-state index is 0.389. The molecule has 0 saturated carbocycles. The number of benzene rings is 1. The lowest BCUT2D eigenvalue weighted by atomic mass is 10.1. The number of nitrogens with two attached hydrogens (primary N) is 1. The zero-order valence-electron chi connectivity index (χ0n) is 15.7. The molecule has 1 aromatic carbocycles. The fourth-order valence-electron chi connectivity index (χ4n) is 3.17. The molecule has 1 aromatic heterocycles. The van der Waals surface area contributed by atoms with Crippen molar-refractivity contribution in [2.75, 3.05) is 58.1 Å². The summed E-state index contributed by atoms with van der Waals surface area (Å²) in [5, 5.41) is 7.69. The summed E-state index contributed by atoms with van der Waals surface area (Å²) >= 11 is 0. The van der Waals surface area contributed by atoms with Crippen molar-refractivity contribution >= 4 is 22.7 Å². The Morgan fingerprint density at radius 3 is 2.50 bits per heavy atom. The maximum atomic E-state index is 5.60. The molecule has 0 bridgehead atoms. The van der Waals surface area contributed by atoms with E-state index in [-0.39, 0.29) is 0 Å². The third kappa shape index (κ3) is 4.08. The quantitative estimate of drug-likeness (QED) is 0.684. The molecule has 0 spiro atoms. The summed E-state index contributed by atoms with van der Waals surface area (Å²) in [4.78, 5) is 11.6. The van der Waals surface area contributed by atoms with Crippen molar-refractivity contribution in [2.24, 2.45) is 5.73 Å². The number of hydrogen-bond donors (Lipinski definition) is 3. The lowest BCUT2D eigenvalue weighted by Crippen LogP contribution is -2.37. The van der Waals surface area contributed by atoms with Gasteiger partial charge in [-0.25, -0.2) is 4.98 Å². The van der Waals surface area contributed by atoms with E-state index in [9.17, 15) is 0 Å². The number of piperidine rings is 1. The fourth-order valence-corrected chi connectivity index (χ4v) is 3.17. The van der Waals surface area contributed by atoms with E-state index in [0.717, 1.165) is 42.7 Å². The number of likely N-dealkylation sites (tertiary alicyclic amines) is 1. The number of aromatic nitrogens is 2. The third-order valence-electron chi connectivity index (χ3n) is 4.69. The summed E-state index contributed by atoms with van der Waals surface area (Å²) in [6, 6.07) is 4.20. The van der Waals surface area contributed by atoms with Gasteiger partial charge in [-0.2, -0.15) is 4.98 Å². The average Bonchev–Trinajstić information content (AvgIpc) is 2.67. The molecule has 2 heterocycles. The van der Waals surface area contributed by atoms with Crippen LogP contribution in [-0.4, -0.2) is 68.4 Å². The van der Waals surface area contributed by atoms with Crippen molar-refractivity contribution in [1.82, 2.24) is 14.9 Å². The largest absolute Gasteiger partial charge is 0.493 e. The minimum Gasteiger partial charge on any atom is -0.493 e. The first kappa shape index (κ1) is 18.5. The highest BCUT2D eigenvalue weighted by molar-refractivity contribution is 5.92. The molecule has 8 heteroatoms. The van der Waals surface area contributed by atoms with Crippen LogP contribution in [0.25, 0.3) is 10.9 Å². The maximum Gasteiger partial charge on any atom is 0.225 e. The van der Waals surface area contributed by atoms with Gasteiger partial charge in [0, 0.05) is 30.6 Å². The number of fused-ring (bicyclic) bond motifs is 1. The van der Waals surface area contributed by atoms with Gasteiger partial charge in [0.1, 0.15) is 5.82 Å². The van der Waals surface area contributed by atoms with E-state index in [1.807, 2.05) is 12.1 Å². The first-order valence-electron chi connectivity index (χ1n) is 8.97. The lowest BCUT2D eigenvalue weighted by molar-refractivity contribution is 0.264. The van der Waals surface area contributed by atoms with Gasteiger partial charge in [0.05, 0.1) is 19.7 Å².